The molecule has 28 heavy (non-hydrogen) atoms. The Bertz CT molecular complexity index is 830. The number of allylic oxidation sites excluding steroid dienone is 2. The third-order valence-electron chi connectivity index (χ3n) is 9.15. The fraction of sp³-hybridized carbons (Fsp3) is 0.680. The molecule has 2 heterocycles. The second kappa shape index (κ2) is 6.43. The van der Waals surface area contributed by atoms with Crippen LogP contribution < -0.4 is 0 Å². The van der Waals surface area contributed by atoms with Crippen molar-refractivity contribution in [3.05, 3.63) is 35.7 Å². The van der Waals surface area contributed by atoms with Gasteiger partial charge in [-0.3, -0.25) is 9.78 Å². The molecule has 2 saturated carbocycles. The van der Waals surface area contributed by atoms with E-state index in [2.05, 4.69) is 44.1 Å². The molecule has 1 aliphatic heterocycles. The zero-order valence-corrected chi connectivity index (χ0v) is 17.5. The van der Waals surface area contributed by atoms with E-state index in [1.165, 1.54) is 43.2 Å². The van der Waals surface area contributed by atoms with Gasteiger partial charge >= 0.3 is 5.97 Å². The zero-order valence-electron chi connectivity index (χ0n) is 17.5. The SMILES string of the molecule is Cc1cncc(C2=CC[C@H]3[C@@H]4CC[C@H]5CC(=O)OCC[C@]5(C)[C@H]4CC[C@]23C)c1. The number of cyclic esters (lactones) is 1. The van der Waals surface area contributed by atoms with Gasteiger partial charge in [-0.1, -0.05) is 19.9 Å². The van der Waals surface area contributed by atoms with Crippen molar-refractivity contribution >= 4 is 11.5 Å². The number of carbonyl (C=O) groups excluding carboxylic acids is 1. The Labute approximate surface area is 169 Å². The Morgan fingerprint density at radius 3 is 2.79 bits per heavy atom. The van der Waals surface area contributed by atoms with Crippen molar-refractivity contribution < 1.29 is 9.53 Å². The third-order valence-corrected chi connectivity index (χ3v) is 9.15. The van der Waals surface area contributed by atoms with E-state index in [1.807, 2.05) is 6.20 Å². The van der Waals surface area contributed by atoms with Gasteiger partial charge in [0, 0.05) is 18.8 Å². The van der Waals surface area contributed by atoms with E-state index in [0.29, 0.717) is 18.9 Å². The molecule has 1 aromatic rings. The first-order chi connectivity index (χ1) is 13.4. The summed E-state index contributed by atoms with van der Waals surface area (Å²) in [4.78, 5) is 16.5. The highest BCUT2D eigenvalue weighted by Crippen LogP contribution is 2.66. The fourth-order valence-corrected chi connectivity index (χ4v) is 7.62. The molecule has 0 spiro atoms. The van der Waals surface area contributed by atoms with E-state index in [9.17, 15) is 4.79 Å². The summed E-state index contributed by atoms with van der Waals surface area (Å²) in [5.41, 5.74) is 4.66. The first-order valence-electron chi connectivity index (χ1n) is 11.2. The number of pyridine rings is 1. The second-order valence-corrected chi connectivity index (χ2v) is 10.4. The zero-order chi connectivity index (χ0) is 19.5. The first-order valence-corrected chi connectivity index (χ1v) is 11.2. The number of hydrogen-bond donors (Lipinski definition) is 0. The quantitative estimate of drug-likeness (QED) is 0.598. The average molecular weight is 380 g/mol. The lowest BCUT2D eigenvalue weighted by Gasteiger charge is -2.58. The van der Waals surface area contributed by atoms with Gasteiger partial charge in [0.15, 0.2) is 0 Å². The smallest absolute Gasteiger partial charge is 0.306 e. The molecule has 0 unspecified atom stereocenters. The Balaban J connectivity index is 1.45. The summed E-state index contributed by atoms with van der Waals surface area (Å²) in [6, 6.07) is 2.31. The molecule has 3 nitrogen and oxygen atoms in total. The Morgan fingerprint density at radius 2 is 1.96 bits per heavy atom. The van der Waals surface area contributed by atoms with E-state index in [4.69, 9.17) is 4.74 Å². The van der Waals surface area contributed by atoms with Gasteiger partial charge in [0.1, 0.15) is 0 Å². The number of aryl methyl sites for hydroxylation is 1. The molecule has 3 fully saturated rings. The van der Waals surface area contributed by atoms with Crippen LogP contribution in [0.5, 0.6) is 0 Å². The minimum Gasteiger partial charge on any atom is -0.466 e. The number of fused-ring (bicyclic) bond motifs is 5. The van der Waals surface area contributed by atoms with Gasteiger partial charge in [-0.15, -0.1) is 0 Å². The molecule has 5 rings (SSSR count). The number of ether oxygens (including phenoxy) is 1. The summed E-state index contributed by atoms with van der Waals surface area (Å²) < 4.78 is 5.48. The van der Waals surface area contributed by atoms with Crippen molar-refractivity contribution in [2.24, 2.45) is 34.5 Å². The van der Waals surface area contributed by atoms with E-state index in [0.717, 1.165) is 24.2 Å². The molecule has 0 N–H and O–H groups in total. The fourth-order valence-electron chi connectivity index (χ4n) is 7.62. The lowest BCUT2D eigenvalue weighted by Crippen LogP contribution is -2.51. The largest absolute Gasteiger partial charge is 0.466 e. The maximum Gasteiger partial charge on any atom is 0.306 e. The summed E-state index contributed by atoms with van der Waals surface area (Å²) >= 11 is 0. The monoisotopic (exact) mass is 379 g/mol. The van der Waals surface area contributed by atoms with E-state index in [-0.39, 0.29) is 16.8 Å². The van der Waals surface area contributed by atoms with E-state index >= 15 is 0 Å². The summed E-state index contributed by atoms with van der Waals surface area (Å²) in [7, 11) is 0. The van der Waals surface area contributed by atoms with Gasteiger partial charge in [-0.25, -0.2) is 0 Å². The van der Waals surface area contributed by atoms with Crippen LogP contribution in [0.4, 0.5) is 0 Å². The van der Waals surface area contributed by atoms with Gasteiger partial charge in [0.2, 0.25) is 0 Å². The van der Waals surface area contributed by atoms with Gasteiger partial charge in [-0.2, -0.15) is 0 Å². The lowest BCUT2D eigenvalue weighted by molar-refractivity contribution is -0.143. The van der Waals surface area contributed by atoms with Crippen LogP contribution in [0, 0.1) is 41.4 Å². The summed E-state index contributed by atoms with van der Waals surface area (Å²) in [6.07, 6.45) is 14.5. The highest BCUT2D eigenvalue weighted by atomic mass is 16.5. The van der Waals surface area contributed by atoms with Crippen LogP contribution in [0.3, 0.4) is 0 Å². The molecule has 0 radical (unpaired) electrons. The van der Waals surface area contributed by atoms with Crippen LogP contribution in [-0.4, -0.2) is 17.6 Å². The predicted molar refractivity (Wildman–Crippen MR) is 110 cm³/mol. The summed E-state index contributed by atoms with van der Waals surface area (Å²) in [6.45, 7) is 7.76. The molecule has 0 amide bonds. The minimum absolute atomic E-state index is 0.0320. The summed E-state index contributed by atoms with van der Waals surface area (Å²) in [5, 5.41) is 0. The average Bonchev–Trinajstić information content (AvgIpc) is 2.93. The van der Waals surface area contributed by atoms with Crippen molar-refractivity contribution in [2.45, 2.75) is 65.7 Å². The first kappa shape index (κ1) is 18.4. The highest BCUT2D eigenvalue weighted by molar-refractivity contribution is 5.73. The minimum atomic E-state index is 0.0320. The molecular formula is C25H33NO2. The maximum atomic E-state index is 12.1. The van der Waals surface area contributed by atoms with Gasteiger partial charge in [0.25, 0.3) is 0 Å². The molecule has 3 aliphatic carbocycles. The van der Waals surface area contributed by atoms with Gasteiger partial charge < -0.3 is 4.74 Å². The number of aromatic nitrogens is 1. The van der Waals surface area contributed by atoms with Gasteiger partial charge in [0.05, 0.1) is 6.61 Å². The number of esters is 1. The second-order valence-electron chi connectivity index (χ2n) is 10.4. The Hall–Kier alpha value is -1.64. The molecule has 0 aromatic carbocycles. The van der Waals surface area contributed by atoms with Crippen LogP contribution in [0.15, 0.2) is 24.5 Å². The highest BCUT2D eigenvalue weighted by Gasteiger charge is 2.58. The molecule has 1 aromatic heterocycles. The standard InChI is InChI=1S/C25H33NO2/c1-16-12-17(15-26-14-16)20-6-7-21-19-5-4-18-13-23(27)28-11-10-24(18,2)22(19)8-9-25(20,21)3/h6,12,14-15,18-19,21-22H,4-5,7-11,13H2,1-3H3/t18-,19-,21-,22-,24-,25+/m0/s1. The number of rotatable bonds is 1. The van der Waals surface area contributed by atoms with Crippen molar-refractivity contribution in [3.8, 4) is 0 Å². The van der Waals surface area contributed by atoms with Crippen molar-refractivity contribution in [3.63, 3.8) is 0 Å². The van der Waals surface area contributed by atoms with Crippen molar-refractivity contribution in [1.82, 2.24) is 4.98 Å². The van der Waals surface area contributed by atoms with E-state index in [1.54, 1.807) is 5.57 Å². The topological polar surface area (TPSA) is 39.2 Å². The molecule has 1 saturated heterocycles. The third kappa shape index (κ3) is 2.61. The molecular weight excluding hydrogens is 346 g/mol. The molecule has 150 valence electrons. The van der Waals surface area contributed by atoms with Crippen molar-refractivity contribution in [2.75, 3.05) is 6.61 Å². The van der Waals surface area contributed by atoms with Crippen LogP contribution in [0.2, 0.25) is 0 Å². The molecule has 0 bridgehead atoms. The lowest BCUT2D eigenvalue weighted by atomic mass is 9.46. The van der Waals surface area contributed by atoms with Crippen LogP contribution in [-0.2, 0) is 9.53 Å². The number of carbonyl (C=O) groups is 1. The maximum absolute atomic E-state index is 12.1. The Kier molecular flexibility index (Phi) is 4.23. The predicted octanol–water partition coefficient (Wildman–Crippen LogP) is 5.58. The molecule has 4 aliphatic rings. The number of hydrogen-bond acceptors (Lipinski definition) is 3. The van der Waals surface area contributed by atoms with Crippen molar-refractivity contribution in [1.29, 1.82) is 0 Å². The molecule has 6 atom stereocenters. The normalized spacial score (nSPS) is 42.5. The summed E-state index contributed by atoms with van der Waals surface area (Å²) in [5.74, 6) is 2.80. The number of nitrogens with zero attached hydrogens (tertiary/aromatic N) is 1. The van der Waals surface area contributed by atoms with Crippen LogP contribution in [0.1, 0.15) is 69.9 Å². The van der Waals surface area contributed by atoms with E-state index < -0.39 is 0 Å². The van der Waals surface area contributed by atoms with Crippen LogP contribution in [0.25, 0.3) is 5.57 Å². The molecule has 3 heteroatoms. The van der Waals surface area contributed by atoms with Crippen LogP contribution >= 0.6 is 0 Å². The van der Waals surface area contributed by atoms with Gasteiger partial charge in [-0.05, 0) is 103 Å². The Morgan fingerprint density at radius 1 is 1.11 bits per heavy atom.